The van der Waals surface area contributed by atoms with Crippen LogP contribution in [-0.4, -0.2) is 126 Å². The summed E-state index contributed by atoms with van der Waals surface area (Å²) in [5, 5.41) is 10.3. The number of aromatic nitrogens is 2. The molecule has 15 heteroatoms. The average Bonchev–Trinajstić information content (AvgIpc) is 3.37. The van der Waals surface area contributed by atoms with Crippen molar-refractivity contribution >= 4 is 56.5 Å². The van der Waals surface area contributed by atoms with E-state index in [0.717, 1.165) is 31.9 Å². The number of hydrogen-bond donors (Lipinski definition) is 4. The van der Waals surface area contributed by atoms with Gasteiger partial charge in [-0.1, -0.05) is 23.9 Å². The Morgan fingerprint density at radius 1 is 0.957 bits per heavy atom. The summed E-state index contributed by atoms with van der Waals surface area (Å²) in [6.45, 7) is 11.6. The minimum absolute atomic E-state index is 0.150. The quantitative estimate of drug-likeness (QED) is 0.0872. The van der Waals surface area contributed by atoms with Crippen molar-refractivity contribution in [1.82, 2.24) is 25.5 Å². The van der Waals surface area contributed by atoms with Gasteiger partial charge in [0.15, 0.2) is 5.16 Å². The van der Waals surface area contributed by atoms with Crippen LogP contribution in [0.1, 0.15) is 30.4 Å². The number of anilines is 2. The molecule has 0 saturated heterocycles. The first-order valence-electron chi connectivity index (χ1n) is 15.2. The Labute approximate surface area is 286 Å². The number of thiophene rings is 1. The van der Waals surface area contributed by atoms with Crippen LogP contribution in [0, 0.1) is 0 Å². The number of amides is 2. The molecule has 0 unspecified atom stereocenters. The summed E-state index contributed by atoms with van der Waals surface area (Å²) in [5.41, 5.74) is 8.44. The molecule has 0 aliphatic rings. The Morgan fingerprint density at radius 2 is 1.57 bits per heavy atom. The Kier molecular flexibility index (Phi) is 18.1. The summed E-state index contributed by atoms with van der Waals surface area (Å²) < 4.78 is 20.0. The number of fused-ring (bicyclic) bond motifs is 1. The highest BCUT2D eigenvalue weighted by atomic mass is 32.2. The molecule has 0 radical (unpaired) electrons. The van der Waals surface area contributed by atoms with Crippen LogP contribution in [0.5, 0.6) is 0 Å². The van der Waals surface area contributed by atoms with Crippen molar-refractivity contribution in [2.75, 3.05) is 105 Å². The lowest BCUT2D eigenvalue weighted by Crippen LogP contribution is -2.40. The molecule has 1 aromatic carbocycles. The van der Waals surface area contributed by atoms with E-state index in [-0.39, 0.29) is 18.4 Å². The third kappa shape index (κ3) is 14.0. The summed E-state index contributed by atoms with van der Waals surface area (Å²) in [7, 11) is 6.65. The lowest BCUT2D eigenvalue weighted by Gasteiger charge is -2.21. The maximum Gasteiger partial charge on any atom is 0.263 e. The van der Waals surface area contributed by atoms with Crippen LogP contribution >= 0.6 is 23.1 Å². The summed E-state index contributed by atoms with van der Waals surface area (Å²) in [6, 6.07) is 7.42. The molecule has 47 heavy (non-hydrogen) atoms. The minimum Gasteiger partial charge on any atom is -0.397 e. The number of nitrogen functional groups attached to an aromatic ring is 1. The zero-order valence-corrected chi connectivity index (χ0v) is 30.5. The topological polar surface area (TPSA) is 162 Å². The van der Waals surface area contributed by atoms with Gasteiger partial charge in [0.25, 0.3) is 5.91 Å². The third-order valence-electron chi connectivity index (χ3n) is 6.42. The average molecular weight is 694 g/mol. The normalized spacial score (nSPS) is 11.4. The van der Waals surface area contributed by atoms with E-state index in [4.69, 9.17) is 29.7 Å². The molecular weight excluding hydrogens is 643 g/mol. The number of methoxy groups -OCH3 is 4. The molecule has 2 amide bonds. The molecule has 13 nitrogen and oxygen atoms in total. The maximum absolute atomic E-state index is 12.9. The van der Waals surface area contributed by atoms with Gasteiger partial charge in [0.2, 0.25) is 5.91 Å². The molecule has 5 N–H and O–H groups in total. The van der Waals surface area contributed by atoms with E-state index in [2.05, 4.69) is 20.9 Å². The molecule has 2 heterocycles. The summed E-state index contributed by atoms with van der Waals surface area (Å²) in [6.07, 6.45) is 1.89. The van der Waals surface area contributed by atoms with Gasteiger partial charge in [-0.3, -0.25) is 14.5 Å². The Morgan fingerprint density at radius 3 is 2.13 bits per heavy atom. The first-order chi connectivity index (χ1) is 22.5. The fourth-order valence-electron chi connectivity index (χ4n) is 4.20. The fourth-order valence-corrected chi connectivity index (χ4v) is 5.61. The van der Waals surface area contributed by atoms with Crippen LogP contribution in [0.15, 0.2) is 29.4 Å². The van der Waals surface area contributed by atoms with E-state index in [0.29, 0.717) is 63.6 Å². The Hall–Kier alpha value is -2.89. The van der Waals surface area contributed by atoms with Gasteiger partial charge in [-0.05, 0) is 39.2 Å². The van der Waals surface area contributed by atoms with Gasteiger partial charge in [-0.15, -0.1) is 11.3 Å². The second kappa shape index (κ2) is 21.2. The molecule has 0 aliphatic carbocycles. The molecule has 0 spiro atoms. The number of nitrogens with one attached hydrogen (secondary N) is 3. The Bertz CT molecular complexity index is 1390. The number of carbonyl (C=O) groups excluding carboxylic acids is 2. The van der Waals surface area contributed by atoms with Gasteiger partial charge >= 0.3 is 0 Å². The second-order valence-corrected chi connectivity index (χ2v) is 13.2. The number of nitrogens with two attached hydrogens (primary N) is 1. The molecule has 0 aliphatic heterocycles. The van der Waals surface area contributed by atoms with Crippen molar-refractivity contribution in [1.29, 1.82) is 0 Å². The van der Waals surface area contributed by atoms with Crippen LogP contribution in [0.2, 0.25) is 0 Å². The van der Waals surface area contributed by atoms with Gasteiger partial charge in [0.05, 0.1) is 49.7 Å². The number of hydrogen-bond acceptors (Lipinski definition) is 13. The lowest BCUT2D eigenvalue weighted by atomic mass is 10.1. The fraction of sp³-hybridized carbons (Fsp3) is 0.562. The van der Waals surface area contributed by atoms with Crippen LogP contribution in [0.3, 0.4) is 0 Å². The van der Waals surface area contributed by atoms with Crippen LogP contribution in [0.25, 0.3) is 21.5 Å². The van der Waals surface area contributed by atoms with E-state index in [1.807, 2.05) is 56.2 Å². The van der Waals surface area contributed by atoms with Crippen molar-refractivity contribution in [3.8, 4) is 11.3 Å². The molecule has 0 saturated carbocycles. The molecule has 0 atom stereocenters. The monoisotopic (exact) mass is 693 g/mol. The standard InChI is InChI=1S/C26H36N6O4S2.C6H15NO2/c1-26(2,3)31-23(34)22-20(27)19-21(29-25(37-6)30-24(19)38-22)16-8-7-9-17(14-16)28-18(33)15-32(10-12-35-4)11-13-36-5;1-8-5-3-7-4-6-9-2/h7-9,14H,10-13,15,27H2,1-6H3,(H,28,33)(H,31,34);7H,3-6H2,1-2H3. The van der Waals surface area contributed by atoms with Crippen LogP contribution in [0.4, 0.5) is 11.4 Å². The molecule has 2 aromatic heterocycles. The molecule has 3 aromatic rings. The van der Waals surface area contributed by atoms with Crippen molar-refractivity contribution in [3.63, 3.8) is 0 Å². The van der Waals surface area contributed by atoms with Gasteiger partial charge < -0.3 is 40.6 Å². The Balaban J connectivity index is 0.000000745. The number of thioether (sulfide) groups is 1. The first-order valence-corrected chi connectivity index (χ1v) is 17.3. The van der Waals surface area contributed by atoms with Crippen molar-refractivity contribution in [2.45, 2.75) is 31.5 Å². The second-order valence-electron chi connectivity index (χ2n) is 11.4. The van der Waals surface area contributed by atoms with Crippen molar-refractivity contribution in [3.05, 3.63) is 29.1 Å². The van der Waals surface area contributed by atoms with Crippen molar-refractivity contribution < 1.29 is 28.5 Å². The maximum atomic E-state index is 12.9. The van der Waals surface area contributed by atoms with Crippen LogP contribution in [-0.2, 0) is 23.7 Å². The van der Waals surface area contributed by atoms with E-state index in [1.54, 1.807) is 28.4 Å². The van der Waals surface area contributed by atoms with E-state index >= 15 is 0 Å². The molecule has 262 valence electrons. The number of rotatable bonds is 18. The van der Waals surface area contributed by atoms with Gasteiger partial charge in [-0.25, -0.2) is 9.97 Å². The highest BCUT2D eigenvalue weighted by Crippen LogP contribution is 2.40. The van der Waals surface area contributed by atoms with Gasteiger partial charge in [-0.2, -0.15) is 0 Å². The zero-order chi connectivity index (χ0) is 34.8. The largest absolute Gasteiger partial charge is 0.397 e. The summed E-state index contributed by atoms with van der Waals surface area (Å²) >= 11 is 2.66. The molecule has 0 bridgehead atoms. The SMILES string of the molecule is COCCN(CCOC)CC(=O)Nc1cccc(-c2nc(SC)nc3sc(C(=O)NC(C)(C)C)c(N)c23)c1.COCCNCCOC. The number of nitrogens with zero attached hydrogens (tertiary/aromatic N) is 3. The summed E-state index contributed by atoms with van der Waals surface area (Å²) in [5.74, 6) is -0.398. The zero-order valence-electron chi connectivity index (χ0n) is 28.9. The minimum atomic E-state index is -0.409. The highest BCUT2D eigenvalue weighted by molar-refractivity contribution is 7.98. The number of carbonyl (C=O) groups is 2. The van der Waals surface area contributed by atoms with Gasteiger partial charge in [0.1, 0.15) is 9.71 Å². The molecular formula is C32H51N7O6S2. The van der Waals surface area contributed by atoms with Crippen LogP contribution < -0.4 is 21.7 Å². The highest BCUT2D eigenvalue weighted by Gasteiger charge is 2.25. The summed E-state index contributed by atoms with van der Waals surface area (Å²) in [4.78, 5) is 38.1. The third-order valence-corrected chi connectivity index (χ3v) is 8.07. The van der Waals surface area contributed by atoms with E-state index in [1.165, 1.54) is 23.1 Å². The first kappa shape index (κ1) is 40.3. The van der Waals surface area contributed by atoms with Crippen molar-refractivity contribution in [2.24, 2.45) is 0 Å². The predicted octanol–water partition coefficient (Wildman–Crippen LogP) is 3.59. The van der Waals surface area contributed by atoms with Gasteiger partial charge in [0, 0.05) is 71.4 Å². The van der Waals surface area contributed by atoms with E-state index < -0.39 is 5.54 Å². The predicted molar refractivity (Wildman–Crippen MR) is 192 cm³/mol. The molecule has 3 rings (SSSR count). The lowest BCUT2D eigenvalue weighted by molar-refractivity contribution is -0.117. The van der Waals surface area contributed by atoms with E-state index in [9.17, 15) is 9.59 Å². The number of benzene rings is 1. The molecule has 0 fully saturated rings. The number of ether oxygens (including phenoxy) is 4. The smallest absolute Gasteiger partial charge is 0.263 e.